The van der Waals surface area contributed by atoms with Gasteiger partial charge in [-0.05, 0) is 13.3 Å². The summed E-state index contributed by atoms with van der Waals surface area (Å²) in [5, 5.41) is 23.6. The molecule has 0 rings (SSSR count). The Labute approximate surface area is 72.9 Å². The predicted molar refractivity (Wildman–Crippen MR) is 48.7 cm³/mol. The Morgan fingerprint density at radius 3 is 1.83 bits per heavy atom. The van der Waals surface area contributed by atoms with E-state index in [-0.39, 0.29) is 5.96 Å². The molecule has 0 saturated carbocycles. The largest absolute Gasteiger partial charge is 0.391 e. The quantitative estimate of drug-likeness (QED) is 0.291. The maximum Gasteiger partial charge on any atom is 0.183 e. The SMILES string of the molecule is CCCC(O)C(C)O.N=C(N)N. The number of nitrogens with two attached hydrogens (primary N) is 2. The second-order valence-electron chi connectivity index (χ2n) is 2.55. The van der Waals surface area contributed by atoms with Crippen LogP contribution in [0.1, 0.15) is 26.7 Å². The summed E-state index contributed by atoms with van der Waals surface area (Å²) >= 11 is 0. The lowest BCUT2D eigenvalue weighted by atomic mass is 10.1. The molecule has 0 bridgehead atoms. The lowest BCUT2D eigenvalue weighted by Crippen LogP contribution is -2.21. The number of nitrogens with one attached hydrogen (secondary N) is 1. The highest BCUT2D eigenvalue weighted by Crippen LogP contribution is 1.99. The van der Waals surface area contributed by atoms with Gasteiger partial charge in [-0.2, -0.15) is 0 Å². The molecule has 0 fully saturated rings. The van der Waals surface area contributed by atoms with E-state index in [0.717, 1.165) is 6.42 Å². The fourth-order valence-corrected chi connectivity index (χ4v) is 0.537. The van der Waals surface area contributed by atoms with E-state index in [2.05, 4.69) is 11.5 Å². The van der Waals surface area contributed by atoms with Gasteiger partial charge in [-0.25, -0.2) is 0 Å². The van der Waals surface area contributed by atoms with Crippen LogP contribution in [0.4, 0.5) is 0 Å². The van der Waals surface area contributed by atoms with Crippen LogP contribution in [0, 0.1) is 5.41 Å². The van der Waals surface area contributed by atoms with E-state index >= 15 is 0 Å². The standard InChI is InChI=1S/C6H14O2.CH5N3/c1-3-4-6(8)5(2)7;2-1(3)4/h5-8H,3-4H2,1-2H3;(H5,2,3,4). The van der Waals surface area contributed by atoms with E-state index in [9.17, 15) is 0 Å². The average Bonchev–Trinajstić information content (AvgIpc) is 1.86. The van der Waals surface area contributed by atoms with E-state index in [1.165, 1.54) is 0 Å². The molecule has 0 aromatic carbocycles. The molecule has 0 saturated heterocycles. The molecule has 0 aromatic heterocycles. The van der Waals surface area contributed by atoms with Gasteiger partial charge in [0.15, 0.2) is 5.96 Å². The summed E-state index contributed by atoms with van der Waals surface area (Å²) in [6, 6.07) is 0. The van der Waals surface area contributed by atoms with Gasteiger partial charge >= 0.3 is 0 Å². The van der Waals surface area contributed by atoms with Crippen LogP contribution in [0.15, 0.2) is 0 Å². The molecule has 12 heavy (non-hydrogen) atoms. The summed E-state index contributed by atoms with van der Waals surface area (Å²) in [5.41, 5.74) is 8.94. The Morgan fingerprint density at radius 1 is 1.42 bits per heavy atom. The molecule has 74 valence electrons. The highest BCUT2D eigenvalue weighted by molar-refractivity contribution is 5.71. The first-order chi connectivity index (χ1) is 5.41. The zero-order chi connectivity index (χ0) is 10.1. The Kier molecular flexibility index (Phi) is 9.50. The Balaban J connectivity index is 0. The zero-order valence-electron chi connectivity index (χ0n) is 7.62. The second-order valence-corrected chi connectivity index (χ2v) is 2.55. The molecule has 0 heterocycles. The summed E-state index contributed by atoms with van der Waals surface area (Å²) in [6.45, 7) is 3.58. The fraction of sp³-hybridized carbons (Fsp3) is 0.857. The number of aliphatic hydroxyl groups is 2. The Morgan fingerprint density at radius 2 is 1.75 bits per heavy atom. The van der Waals surface area contributed by atoms with Crippen molar-refractivity contribution in [2.75, 3.05) is 0 Å². The van der Waals surface area contributed by atoms with Crippen molar-refractivity contribution in [3.63, 3.8) is 0 Å². The van der Waals surface area contributed by atoms with Crippen molar-refractivity contribution in [2.45, 2.75) is 38.9 Å². The van der Waals surface area contributed by atoms with E-state index in [0.29, 0.717) is 6.42 Å². The van der Waals surface area contributed by atoms with Gasteiger partial charge in [0, 0.05) is 0 Å². The van der Waals surface area contributed by atoms with Crippen LogP contribution >= 0.6 is 0 Å². The minimum absolute atomic E-state index is 0.333. The molecule has 7 N–H and O–H groups in total. The summed E-state index contributed by atoms with van der Waals surface area (Å²) in [7, 11) is 0. The highest BCUT2D eigenvalue weighted by Gasteiger charge is 2.07. The predicted octanol–water partition coefficient (Wildman–Crippen LogP) is -0.633. The molecule has 5 heteroatoms. The molecule has 2 atom stereocenters. The summed E-state index contributed by atoms with van der Waals surface area (Å²) in [6.07, 6.45) is 0.513. The van der Waals surface area contributed by atoms with E-state index in [4.69, 9.17) is 15.6 Å². The third-order valence-electron chi connectivity index (χ3n) is 1.14. The number of guanidine groups is 1. The van der Waals surface area contributed by atoms with Crippen molar-refractivity contribution in [3.05, 3.63) is 0 Å². The van der Waals surface area contributed by atoms with Crippen LogP contribution in [0.5, 0.6) is 0 Å². The van der Waals surface area contributed by atoms with Gasteiger partial charge in [-0.15, -0.1) is 0 Å². The Bertz CT molecular complexity index is 113. The molecule has 0 aliphatic rings. The van der Waals surface area contributed by atoms with Crippen molar-refractivity contribution in [1.82, 2.24) is 0 Å². The first kappa shape index (κ1) is 13.8. The topological polar surface area (TPSA) is 116 Å². The van der Waals surface area contributed by atoms with Gasteiger partial charge in [0.2, 0.25) is 0 Å². The minimum Gasteiger partial charge on any atom is -0.391 e. The van der Waals surface area contributed by atoms with Crippen LogP contribution < -0.4 is 11.5 Å². The number of hydrogen-bond acceptors (Lipinski definition) is 3. The molecule has 0 spiro atoms. The number of hydrogen-bond donors (Lipinski definition) is 5. The van der Waals surface area contributed by atoms with Gasteiger partial charge in [0.05, 0.1) is 12.2 Å². The van der Waals surface area contributed by atoms with E-state index in [1.807, 2.05) is 6.92 Å². The van der Waals surface area contributed by atoms with Gasteiger partial charge in [-0.3, -0.25) is 5.41 Å². The molecular formula is C7H19N3O2. The number of aliphatic hydroxyl groups excluding tert-OH is 2. The zero-order valence-corrected chi connectivity index (χ0v) is 7.62. The fourth-order valence-electron chi connectivity index (χ4n) is 0.537. The third kappa shape index (κ3) is 16.1. The van der Waals surface area contributed by atoms with Crippen molar-refractivity contribution < 1.29 is 10.2 Å². The van der Waals surface area contributed by atoms with Crippen LogP contribution in [-0.2, 0) is 0 Å². The normalized spacial score (nSPS) is 14.0. The summed E-state index contributed by atoms with van der Waals surface area (Å²) < 4.78 is 0. The summed E-state index contributed by atoms with van der Waals surface area (Å²) in [5.74, 6) is -0.333. The molecule has 0 aliphatic heterocycles. The highest BCUT2D eigenvalue weighted by atomic mass is 16.3. The minimum atomic E-state index is -0.574. The molecule has 0 amide bonds. The molecular weight excluding hydrogens is 158 g/mol. The van der Waals surface area contributed by atoms with Crippen molar-refractivity contribution in [1.29, 1.82) is 5.41 Å². The van der Waals surface area contributed by atoms with Gasteiger partial charge in [0.1, 0.15) is 0 Å². The number of rotatable bonds is 3. The molecule has 5 nitrogen and oxygen atoms in total. The lowest BCUT2D eigenvalue weighted by Gasteiger charge is -2.10. The second kappa shape index (κ2) is 8.29. The maximum atomic E-state index is 8.88. The first-order valence-corrected chi connectivity index (χ1v) is 3.87. The third-order valence-corrected chi connectivity index (χ3v) is 1.14. The van der Waals surface area contributed by atoms with Crippen LogP contribution in [0.3, 0.4) is 0 Å². The van der Waals surface area contributed by atoms with Crippen LogP contribution in [-0.4, -0.2) is 28.4 Å². The van der Waals surface area contributed by atoms with Crippen LogP contribution in [0.2, 0.25) is 0 Å². The van der Waals surface area contributed by atoms with Crippen molar-refractivity contribution in [2.24, 2.45) is 11.5 Å². The maximum absolute atomic E-state index is 8.88. The molecule has 0 aromatic rings. The first-order valence-electron chi connectivity index (χ1n) is 3.87. The monoisotopic (exact) mass is 177 g/mol. The molecule has 0 radical (unpaired) electrons. The lowest BCUT2D eigenvalue weighted by molar-refractivity contribution is 0.0259. The van der Waals surface area contributed by atoms with Gasteiger partial charge in [0.25, 0.3) is 0 Å². The summed E-state index contributed by atoms with van der Waals surface area (Å²) in [4.78, 5) is 0. The van der Waals surface area contributed by atoms with E-state index in [1.54, 1.807) is 6.92 Å². The Hall–Kier alpha value is -0.810. The smallest absolute Gasteiger partial charge is 0.183 e. The van der Waals surface area contributed by atoms with Crippen LogP contribution in [0.25, 0.3) is 0 Å². The van der Waals surface area contributed by atoms with Gasteiger partial charge in [-0.1, -0.05) is 13.3 Å². The molecule has 0 aliphatic carbocycles. The molecule has 2 unspecified atom stereocenters. The van der Waals surface area contributed by atoms with Crippen molar-refractivity contribution >= 4 is 5.96 Å². The van der Waals surface area contributed by atoms with Crippen molar-refractivity contribution in [3.8, 4) is 0 Å². The van der Waals surface area contributed by atoms with Gasteiger partial charge < -0.3 is 21.7 Å². The average molecular weight is 177 g/mol. The van der Waals surface area contributed by atoms with E-state index < -0.39 is 12.2 Å².